The third kappa shape index (κ3) is 1.84. The van der Waals surface area contributed by atoms with Crippen LogP contribution in [0.3, 0.4) is 0 Å². The second-order valence-corrected chi connectivity index (χ2v) is 5.36. The van der Waals surface area contributed by atoms with Crippen molar-refractivity contribution >= 4 is 56.6 Å². The normalized spacial score (nSPS) is 12.1. The Morgan fingerprint density at radius 2 is 2.26 bits per heavy atom. The van der Waals surface area contributed by atoms with E-state index in [0.717, 1.165) is 0 Å². The Morgan fingerprint density at radius 1 is 1.53 bits per heavy atom. The first-order valence-electron chi connectivity index (χ1n) is 4.95. The van der Waals surface area contributed by atoms with Crippen LogP contribution in [0.2, 0.25) is 0 Å². The zero-order valence-electron chi connectivity index (χ0n) is 9.28. The molecule has 0 unspecified atom stereocenters. The lowest BCUT2D eigenvalue weighted by Crippen LogP contribution is -2.10. The van der Waals surface area contributed by atoms with Crippen molar-refractivity contribution in [2.24, 2.45) is 0 Å². The maximum Gasteiger partial charge on any atom is 0.333 e. The van der Waals surface area contributed by atoms with Crippen LogP contribution in [-0.2, 0) is 0 Å². The van der Waals surface area contributed by atoms with Crippen LogP contribution in [0.15, 0.2) is 14.4 Å². The van der Waals surface area contributed by atoms with Gasteiger partial charge in [-0.25, -0.2) is 0 Å². The van der Waals surface area contributed by atoms with E-state index < -0.39 is 12.1 Å². The van der Waals surface area contributed by atoms with Gasteiger partial charge in [-0.05, 0) is 28.8 Å². The van der Waals surface area contributed by atoms with Crippen LogP contribution < -0.4 is 5.56 Å². The van der Waals surface area contributed by atoms with Gasteiger partial charge in [0, 0.05) is 0 Å². The van der Waals surface area contributed by atoms with Crippen molar-refractivity contribution in [1.82, 2.24) is 19.7 Å². The summed E-state index contributed by atoms with van der Waals surface area (Å²) < 4.78 is 31.9. The van der Waals surface area contributed by atoms with Gasteiger partial charge in [-0.2, -0.15) is 23.5 Å². The number of hydrogen-bond acceptors (Lipinski definition) is 5. The molecule has 10 heteroatoms. The highest BCUT2D eigenvalue weighted by Crippen LogP contribution is 2.31. The maximum atomic E-state index is 12.9. The molecule has 0 aromatic carbocycles. The Labute approximate surface area is 121 Å². The molecule has 0 fully saturated rings. The number of hydrogen-bond donors (Lipinski definition) is 1. The molecule has 6 nitrogen and oxygen atoms in total. The number of rotatable bonds is 2. The van der Waals surface area contributed by atoms with Crippen molar-refractivity contribution in [1.29, 1.82) is 0 Å². The van der Waals surface area contributed by atoms with E-state index in [1.165, 1.54) is 11.8 Å². The van der Waals surface area contributed by atoms with Crippen LogP contribution in [0, 0.1) is 3.70 Å². The van der Waals surface area contributed by atoms with Gasteiger partial charge in [-0.15, -0.1) is 0 Å². The first kappa shape index (κ1) is 12.8. The fourth-order valence-electron chi connectivity index (χ4n) is 1.76. The summed E-state index contributed by atoms with van der Waals surface area (Å²) in [4.78, 5) is 18.5. The highest BCUT2D eigenvalue weighted by molar-refractivity contribution is 14.1. The van der Waals surface area contributed by atoms with Crippen molar-refractivity contribution in [3.8, 4) is 0 Å². The highest BCUT2D eigenvalue weighted by Gasteiger charge is 2.24. The minimum Gasteiger partial charge on any atom is -0.433 e. The van der Waals surface area contributed by atoms with Gasteiger partial charge >= 0.3 is 6.55 Å². The third-order valence-electron chi connectivity index (χ3n) is 2.51. The number of aromatic nitrogens is 4. The number of halogens is 3. The predicted octanol–water partition coefficient (Wildman–Crippen LogP) is 2.59. The molecule has 0 aliphatic heterocycles. The molecule has 100 valence electrons. The minimum absolute atomic E-state index is 0.0106. The van der Waals surface area contributed by atoms with E-state index >= 15 is 0 Å². The minimum atomic E-state index is -2.86. The fraction of sp³-hybridized carbons (Fsp3) is 0.222. The predicted molar refractivity (Wildman–Crippen MR) is 73.7 cm³/mol. The molecule has 3 aromatic rings. The van der Waals surface area contributed by atoms with Crippen LogP contribution in [-0.4, -0.2) is 26.0 Å². The monoisotopic (exact) mass is 398 g/mol. The van der Waals surface area contributed by atoms with Gasteiger partial charge in [0.25, 0.3) is 5.56 Å². The summed E-state index contributed by atoms with van der Waals surface area (Å²) in [5.74, 6) is 0. The zero-order valence-corrected chi connectivity index (χ0v) is 12.3. The molecular weight excluding hydrogens is 393 g/mol. The zero-order chi connectivity index (χ0) is 13.7. The highest BCUT2D eigenvalue weighted by atomic mass is 127. The maximum absolute atomic E-state index is 12.9. The van der Waals surface area contributed by atoms with Gasteiger partial charge in [0.05, 0.1) is 0 Å². The quantitative estimate of drug-likeness (QED) is 0.408. The number of thioether (sulfide) groups is 1. The summed E-state index contributed by atoms with van der Waals surface area (Å²) in [6.45, 7) is -2.86. The van der Waals surface area contributed by atoms with Gasteiger partial charge in [0.15, 0.2) is 14.4 Å². The van der Waals surface area contributed by atoms with Crippen LogP contribution in [0.1, 0.15) is 6.55 Å². The Morgan fingerprint density at radius 3 is 2.89 bits per heavy atom. The number of fused-ring (bicyclic) bond motifs is 3. The molecule has 0 aliphatic rings. The molecule has 3 heterocycles. The van der Waals surface area contributed by atoms with E-state index in [4.69, 9.17) is 4.42 Å². The summed E-state index contributed by atoms with van der Waals surface area (Å²) in [6.07, 6.45) is 1.73. The molecule has 0 saturated carbocycles. The lowest BCUT2D eigenvalue weighted by atomic mass is 10.3. The van der Waals surface area contributed by atoms with Gasteiger partial charge in [-0.1, -0.05) is 11.8 Å². The van der Waals surface area contributed by atoms with Gasteiger partial charge in [0.1, 0.15) is 10.9 Å². The van der Waals surface area contributed by atoms with E-state index in [0.29, 0.717) is 9.84 Å². The number of nitrogens with one attached hydrogen (secondary N) is 1. The third-order valence-corrected chi connectivity index (χ3v) is 3.79. The second kappa shape index (κ2) is 4.44. The lowest BCUT2D eigenvalue weighted by Gasteiger charge is -1.99. The Hall–Kier alpha value is -1.17. The van der Waals surface area contributed by atoms with Crippen molar-refractivity contribution in [3.63, 3.8) is 0 Å². The smallest absolute Gasteiger partial charge is 0.333 e. The summed E-state index contributed by atoms with van der Waals surface area (Å²) >= 11 is 3.00. The molecule has 3 aromatic heterocycles. The Bertz CT molecular complexity index is 840. The molecule has 1 N–H and O–H groups in total. The standard InChI is InChI=1S/C9H5F2IN4O2S/c1-19-9-13-6(17)2-3-4(18-7(2)14-9)5(12)15-16(3)8(10)11/h8H,1H3,(H,13,14,17). The van der Waals surface area contributed by atoms with E-state index in [2.05, 4.69) is 15.1 Å². The molecule has 0 saturated heterocycles. The molecule has 0 radical (unpaired) electrons. The molecule has 0 bridgehead atoms. The number of alkyl halides is 2. The number of H-pyrrole nitrogens is 1. The number of nitrogens with zero attached hydrogens (tertiary/aromatic N) is 3. The van der Waals surface area contributed by atoms with Crippen molar-refractivity contribution in [2.75, 3.05) is 6.26 Å². The van der Waals surface area contributed by atoms with Crippen molar-refractivity contribution < 1.29 is 13.2 Å². The van der Waals surface area contributed by atoms with Crippen LogP contribution in [0.5, 0.6) is 0 Å². The average molecular weight is 398 g/mol. The number of furan rings is 1. The summed E-state index contributed by atoms with van der Waals surface area (Å²) in [7, 11) is 0. The first-order chi connectivity index (χ1) is 9.02. The van der Waals surface area contributed by atoms with Crippen LogP contribution in [0.25, 0.3) is 22.2 Å². The SMILES string of the molecule is CSc1nc2oc3c(I)nn(C(F)F)c3c2c(=O)[nH]1. The summed E-state index contributed by atoms with van der Waals surface area (Å²) in [6, 6.07) is 0. The largest absolute Gasteiger partial charge is 0.433 e. The van der Waals surface area contributed by atoms with Gasteiger partial charge in [0.2, 0.25) is 5.71 Å². The van der Waals surface area contributed by atoms with E-state index in [-0.39, 0.29) is 25.9 Å². The average Bonchev–Trinajstić information content (AvgIpc) is 2.87. The molecule has 0 amide bonds. The van der Waals surface area contributed by atoms with Gasteiger partial charge < -0.3 is 9.40 Å². The fourth-order valence-corrected chi connectivity index (χ4v) is 2.73. The second-order valence-electron chi connectivity index (χ2n) is 3.55. The van der Waals surface area contributed by atoms with E-state index in [1.807, 2.05) is 0 Å². The van der Waals surface area contributed by atoms with Crippen LogP contribution in [0.4, 0.5) is 8.78 Å². The Balaban J connectivity index is 2.52. The van der Waals surface area contributed by atoms with Crippen molar-refractivity contribution in [2.45, 2.75) is 11.7 Å². The number of aromatic amines is 1. The van der Waals surface area contributed by atoms with E-state index in [1.54, 1.807) is 28.8 Å². The molecule has 3 rings (SSSR count). The van der Waals surface area contributed by atoms with E-state index in [9.17, 15) is 13.6 Å². The summed E-state index contributed by atoms with van der Waals surface area (Å²) in [5, 5.41) is 4.01. The Kier molecular flexibility index (Phi) is 3.00. The molecule has 0 aliphatic carbocycles. The first-order valence-corrected chi connectivity index (χ1v) is 7.26. The van der Waals surface area contributed by atoms with Crippen molar-refractivity contribution in [3.05, 3.63) is 14.1 Å². The molecule has 19 heavy (non-hydrogen) atoms. The summed E-state index contributed by atoms with van der Waals surface area (Å²) in [5.41, 5.74) is -0.373. The molecular formula is C9H5F2IN4O2S. The lowest BCUT2D eigenvalue weighted by molar-refractivity contribution is 0.0613. The molecule has 0 spiro atoms. The topological polar surface area (TPSA) is 76.7 Å². The molecule has 0 atom stereocenters. The van der Waals surface area contributed by atoms with Gasteiger partial charge in [-0.3, -0.25) is 4.79 Å². The van der Waals surface area contributed by atoms with Crippen LogP contribution >= 0.6 is 34.4 Å².